The molecular weight excluding hydrogens is 579 g/mol. The zero-order valence-corrected chi connectivity index (χ0v) is 25.9. The molecule has 1 amide bonds. The van der Waals surface area contributed by atoms with Gasteiger partial charge in [0, 0.05) is 61.6 Å². The van der Waals surface area contributed by atoms with E-state index < -0.39 is 5.38 Å². The van der Waals surface area contributed by atoms with Gasteiger partial charge in [0.1, 0.15) is 16.9 Å². The van der Waals surface area contributed by atoms with E-state index in [1.165, 1.54) is 6.08 Å². The molecule has 1 fully saturated rings. The molecule has 2 aromatic rings. The highest BCUT2D eigenvalue weighted by molar-refractivity contribution is 6.41. The first kappa shape index (κ1) is 30.1. The normalized spacial score (nSPS) is 21.7. The minimum absolute atomic E-state index is 0.00648. The van der Waals surface area contributed by atoms with Crippen LogP contribution in [0.25, 0.3) is 11.2 Å². The van der Waals surface area contributed by atoms with E-state index in [9.17, 15) is 4.79 Å². The lowest BCUT2D eigenvalue weighted by Crippen LogP contribution is -2.45. The molecule has 1 atom stereocenters. The Bertz CT molecular complexity index is 1600. The fourth-order valence-corrected chi connectivity index (χ4v) is 6.43. The summed E-state index contributed by atoms with van der Waals surface area (Å²) >= 11 is 13.8. The minimum Gasteiger partial charge on any atom is -0.499 e. The van der Waals surface area contributed by atoms with Crippen LogP contribution >= 0.6 is 23.2 Å². The largest absolute Gasteiger partial charge is 0.499 e. The number of amides is 1. The quantitative estimate of drug-likeness (QED) is 0.357. The van der Waals surface area contributed by atoms with Crippen molar-refractivity contribution >= 4 is 46.3 Å². The highest BCUT2D eigenvalue weighted by Gasteiger charge is 2.30. The number of halogens is 2. The molecule has 1 saturated heterocycles. The molecule has 0 spiro atoms. The van der Waals surface area contributed by atoms with Crippen molar-refractivity contribution in [3.05, 3.63) is 63.4 Å². The molecule has 0 radical (unpaired) electrons. The monoisotopic (exact) mass is 614 g/mol. The predicted molar refractivity (Wildman–Crippen MR) is 163 cm³/mol. The Morgan fingerprint density at radius 2 is 2.07 bits per heavy atom. The number of ether oxygens (including phenoxy) is 2. The number of carbonyl (C=O) groups is 1. The Hall–Kier alpha value is -3.41. The van der Waals surface area contributed by atoms with Crippen LogP contribution in [-0.2, 0) is 27.2 Å². The van der Waals surface area contributed by atoms with Crippen molar-refractivity contribution in [1.29, 1.82) is 0 Å². The molecule has 1 N–H and O–H groups in total. The van der Waals surface area contributed by atoms with E-state index in [0.29, 0.717) is 64.0 Å². The maximum Gasteiger partial charge on any atom is 0.245 e. The van der Waals surface area contributed by atoms with Crippen molar-refractivity contribution < 1.29 is 14.3 Å². The van der Waals surface area contributed by atoms with E-state index in [2.05, 4.69) is 28.8 Å². The zero-order valence-electron chi connectivity index (χ0n) is 24.4. The number of pyridine rings is 1. The van der Waals surface area contributed by atoms with Gasteiger partial charge in [0.15, 0.2) is 17.0 Å². The summed E-state index contributed by atoms with van der Waals surface area (Å²) in [5, 5.41) is 8.59. The Morgan fingerprint density at radius 1 is 1.31 bits per heavy atom. The van der Waals surface area contributed by atoms with Crippen molar-refractivity contribution in [2.75, 3.05) is 47.9 Å². The number of hydrogen-bond acceptors (Lipinski definition) is 7. The second-order valence-electron chi connectivity index (χ2n) is 10.4. The van der Waals surface area contributed by atoms with Crippen LogP contribution in [0.5, 0.6) is 0 Å². The van der Waals surface area contributed by atoms with Gasteiger partial charge in [-0.25, -0.2) is 4.98 Å². The summed E-state index contributed by atoms with van der Waals surface area (Å²) in [7, 11) is 6.96. The van der Waals surface area contributed by atoms with Gasteiger partial charge in [0.25, 0.3) is 0 Å². The Morgan fingerprint density at radius 3 is 2.74 bits per heavy atom. The fourth-order valence-electron chi connectivity index (χ4n) is 5.66. The number of allylic oxidation sites excluding steroid dienone is 3. The van der Waals surface area contributed by atoms with Gasteiger partial charge in [-0.3, -0.25) is 9.79 Å². The molecule has 11 nitrogen and oxygen atoms in total. The molecule has 0 bridgehead atoms. The number of rotatable bonds is 8. The summed E-state index contributed by atoms with van der Waals surface area (Å²) in [6.45, 7) is 6.51. The molecular formula is C29H36Cl2N8O3. The number of alkyl halides is 1. The predicted octanol–water partition coefficient (Wildman–Crippen LogP) is 1.88. The van der Waals surface area contributed by atoms with Crippen molar-refractivity contribution in [1.82, 2.24) is 29.7 Å². The summed E-state index contributed by atoms with van der Waals surface area (Å²) in [5.41, 5.74) is 2.82. The Labute approximate surface area is 254 Å². The zero-order chi connectivity index (χ0) is 30.0. The Kier molecular flexibility index (Phi) is 9.19. The molecule has 1 unspecified atom stereocenters. The molecule has 5 rings (SSSR count). The number of piperidine rings is 1. The molecule has 2 aromatic heterocycles. The Balaban J connectivity index is 1.47. The third-order valence-electron chi connectivity index (χ3n) is 8.02. The molecule has 224 valence electrons. The number of nitrogens with zero attached hydrogens (tertiary/aromatic N) is 7. The molecule has 0 aromatic carbocycles. The van der Waals surface area contributed by atoms with Crippen LogP contribution in [0.4, 0.5) is 0 Å². The van der Waals surface area contributed by atoms with Crippen LogP contribution in [0.15, 0.2) is 51.3 Å². The van der Waals surface area contributed by atoms with Gasteiger partial charge in [-0.05, 0) is 45.0 Å². The third kappa shape index (κ3) is 5.77. The summed E-state index contributed by atoms with van der Waals surface area (Å²) in [4.78, 5) is 30.0. The number of aryl methyl sites for hydroxylation is 1. The number of likely N-dealkylation sites (tertiary alicyclic amines) is 1. The molecule has 42 heavy (non-hydrogen) atoms. The van der Waals surface area contributed by atoms with Gasteiger partial charge in [-0.1, -0.05) is 18.2 Å². The van der Waals surface area contributed by atoms with Crippen molar-refractivity contribution in [2.45, 2.75) is 43.6 Å². The number of aliphatic imine (C=N–C) groups is 1. The van der Waals surface area contributed by atoms with Crippen molar-refractivity contribution in [3.63, 3.8) is 0 Å². The molecule has 4 heterocycles. The van der Waals surface area contributed by atoms with E-state index in [0.717, 1.165) is 49.7 Å². The summed E-state index contributed by atoms with van der Waals surface area (Å²) in [6, 6.07) is 2.43. The minimum atomic E-state index is -0.647. The van der Waals surface area contributed by atoms with E-state index in [1.807, 2.05) is 11.0 Å². The second kappa shape index (κ2) is 12.8. The van der Waals surface area contributed by atoms with Gasteiger partial charge in [-0.2, -0.15) is 9.51 Å². The van der Waals surface area contributed by atoms with Crippen molar-refractivity contribution in [2.24, 2.45) is 9.98 Å². The highest BCUT2D eigenvalue weighted by atomic mass is 35.5. The third-order valence-corrected chi connectivity index (χ3v) is 8.84. The highest BCUT2D eigenvalue weighted by Crippen LogP contribution is 2.36. The number of guanidine groups is 1. The fraction of sp³-hybridized carbons (Fsp3) is 0.483. The number of aromatic nitrogens is 3. The topological polar surface area (TPSA) is 109 Å². The lowest BCUT2D eigenvalue weighted by Gasteiger charge is -2.36. The molecule has 2 aliphatic heterocycles. The van der Waals surface area contributed by atoms with Gasteiger partial charge in [-0.15, -0.1) is 16.7 Å². The lowest BCUT2D eigenvalue weighted by molar-refractivity contribution is -0.127. The molecule has 1 aliphatic carbocycles. The first-order chi connectivity index (χ1) is 20.3. The summed E-state index contributed by atoms with van der Waals surface area (Å²) in [6.07, 6.45) is 6.54. The summed E-state index contributed by atoms with van der Waals surface area (Å²) < 4.78 is 12.9. The van der Waals surface area contributed by atoms with Crippen LogP contribution < -0.4 is 16.0 Å². The number of hydrogen-bond donors (Lipinski definition) is 1. The van der Waals surface area contributed by atoms with Gasteiger partial charge in [0.05, 0.1) is 19.3 Å². The molecule has 3 aliphatic rings. The maximum atomic E-state index is 11.9. The van der Waals surface area contributed by atoms with Crippen LogP contribution in [-0.4, -0.2) is 95.6 Å². The first-order valence-electron chi connectivity index (χ1n) is 14.0. The van der Waals surface area contributed by atoms with Gasteiger partial charge in [0.2, 0.25) is 11.9 Å². The van der Waals surface area contributed by atoms with Gasteiger partial charge >= 0.3 is 0 Å². The number of carbonyl (C=O) groups excluding carboxylic acids is 1. The van der Waals surface area contributed by atoms with Crippen LogP contribution in [0.1, 0.15) is 30.7 Å². The average molecular weight is 616 g/mol. The van der Waals surface area contributed by atoms with Crippen LogP contribution in [0.3, 0.4) is 0 Å². The van der Waals surface area contributed by atoms with Crippen molar-refractivity contribution in [3.8, 4) is 0 Å². The number of methoxy groups -OCH3 is 2. The SMILES string of the molecule is C=CC(=O)N1CCC(N(C)CCCc2nc3c(=C4C(Cl)=C(OC)C=C(OC)C4Cl)cc4c(n3n2)=NC(=NC)NC4)CC1. The number of fused-ring (bicyclic) bond motifs is 3. The average Bonchev–Trinajstić information content (AvgIpc) is 3.45. The van der Waals surface area contributed by atoms with Gasteiger partial charge < -0.3 is 24.6 Å². The lowest BCUT2D eigenvalue weighted by atomic mass is 10.0. The van der Waals surface area contributed by atoms with E-state index in [-0.39, 0.29) is 5.91 Å². The first-order valence-corrected chi connectivity index (χ1v) is 14.8. The standard InChI is InChI=1S/C29H36Cl2N8O3/c1-6-23(40)38-12-9-18(10-13-38)37(3)11-7-8-22-34-28-19(24-25(30)20(41-4)15-21(42-5)26(24)31)14-17-16-33-29(32-2)35-27(17)39(28)36-22/h6,14-15,18,25H,1,7-13,16H2,2-5H3,(H,32,33). The number of nitrogens with one attached hydrogen (secondary N) is 1. The van der Waals surface area contributed by atoms with E-state index >= 15 is 0 Å². The summed E-state index contributed by atoms with van der Waals surface area (Å²) in [5.74, 6) is 2.22. The molecule has 13 heteroatoms. The van der Waals surface area contributed by atoms with E-state index in [1.54, 1.807) is 31.9 Å². The van der Waals surface area contributed by atoms with Crippen LogP contribution in [0.2, 0.25) is 0 Å². The second-order valence-corrected chi connectivity index (χ2v) is 11.3. The van der Waals surface area contributed by atoms with Crippen LogP contribution in [0, 0.1) is 0 Å². The smallest absolute Gasteiger partial charge is 0.245 e. The maximum absolute atomic E-state index is 11.9. The van der Waals surface area contributed by atoms with E-state index in [4.69, 9.17) is 47.8 Å². The molecule has 0 saturated carbocycles.